The average Bonchev–Trinajstić information content (AvgIpc) is 3.26. The van der Waals surface area contributed by atoms with E-state index in [4.69, 9.17) is 9.47 Å². The van der Waals surface area contributed by atoms with Gasteiger partial charge in [-0.25, -0.2) is 0 Å². The van der Waals surface area contributed by atoms with Crippen LogP contribution in [0.4, 0.5) is 0 Å². The maximum Gasteiger partial charge on any atom is 0.237 e. The highest BCUT2D eigenvalue weighted by Crippen LogP contribution is 2.37. The molecule has 1 aliphatic heterocycles. The van der Waals surface area contributed by atoms with Crippen LogP contribution < -0.4 is 9.47 Å². The number of thioether (sulfide) groups is 1. The van der Waals surface area contributed by atoms with E-state index in [0.29, 0.717) is 18.9 Å². The third kappa shape index (κ3) is 5.82. The zero-order valence-electron chi connectivity index (χ0n) is 19.7. The summed E-state index contributed by atoms with van der Waals surface area (Å²) in [7, 11) is 0. The molecule has 2 aromatic carbocycles. The smallest absolute Gasteiger partial charge is 0.237 e. The molecule has 0 bridgehead atoms. The highest BCUT2D eigenvalue weighted by molar-refractivity contribution is 8.00. The van der Waals surface area contributed by atoms with Gasteiger partial charge in [0, 0.05) is 17.7 Å². The van der Waals surface area contributed by atoms with Gasteiger partial charge in [0.05, 0.1) is 18.0 Å². The normalized spacial score (nSPS) is 24.5. The summed E-state index contributed by atoms with van der Waals surface area (Å²) in [5, 5.41) is 47.1. The molecule has 4 rings (SSSR count). The highest BCUT2D eigenvalue weighted by Gasteiger charge is 2.44. The molecule has 0 saturated carbocycles. The summed E-state index contributed by atoms with van der Waals surface area (Å²) >= 11 is 1.08. The molecular weight excluding hydrogens is 468 g/mol. The maximum absolute atomic E-state index is 10.5. The standard InChI is InChI=1S/C26H32N2O6S/c1-15(2)21-18(12-17-10-6-7-11-19(17)33-14-16-8-4-3-5-9-16)25(28-27-21)34-26-24(32)23(31)22(30)20(13-29)35-26/h3-11,15,20,22-24,26,29-32H,12-14H2,1-2H3,(H,27,28)/t20-,22-,23+,24-,26-/m1/s1. The second kappa shape index (κ2) is 11.5. The lowest BCUT2D eigenvalue weighted by molar-refractivity contribution is -0.0915. The first-order valence-corrected chi connectivity index (χ1v) is 12.6. The minimum absolute atomic E-state index is 0.133. The predicted octanol–water partition coefficient (Wildman–Crippen LogP) is 2.60. The van der Waals surface area contributed by atoms with E-state index in [1.165, 1.54) is 0 Å². The molecule has 1 aliphatic rings. The van der Waals surface area contributed by atoms with Crippen LogP contribution in [0, 0.1) is 0 Å². The highest BCUT2D eigenvalue weighted by atomic mass is 32.2. The van der Waals surface area contributed by atoms with Crippen molar-refractivity contribution in [1.29, 1.82) is 0 Å². The lowest BCUT2D eigenvalue weighted by Gasteiger charge is -2.38. The van der Waals surface area contributed by atoms with Gasteiger partial charge >= 0.3 is 0 Å². The van der Waals surface area contributed by atoms with Crippen molar-refractivity contribution in [3.8, 4) is 11.6 Å². The molecule has 9 heteroatoms. The molecule has 3 aromatic rings. The molecule has 8 nitrogen and oxygen atoms in total. The number of nitrogens with one attached hydrogen (secondary N) is 1. The number of hydrogen-bond acceptors (Lipinski definition) is 8. The Hall–Kier alpha value is -2.56. The Kier molecular flexibility index (Phi) is 8.35. The number of para-hydroxylation sites is 1. The van der Waals surface area contributed by atoms with Crippen LogP contribution in [0.25, 0.3) is 0 Å². The first-order chi connectivity index (χ1) is 16.9. The van der Waals surface area contributed by atoms with Crippen molar-refractivity contribution in [3.05, 3.63) is 77.0 Å². The van der Waals surface area contributed by atoms with Gasteiger partial charge in [-0.2, -0.15) is 0 Å². The van der Waals surface area contributed by atoms with E-state index in [9.17, 15) is 20.4 Å². The van der Waals surface area contributed by atoms with Gasteiger partial charge in [-0.1, -0.05) is 62.4 Å². The van der Waals surface area contributed by atoms with E-state index < -0.39 is 29.0 Å². The van der Waals surface area contributed by atoms with Crippen molar-refractivity contribution >= 4 is 11.8 Å². The van der Waals surface area contributed by atoms with E-state index >= 15 is 0 Å². The van der Waals surface area contributed by atoms with E-state index in [0.717, 1.165) is 39.9 Å². The monoisotopic (exact) mass is 500 g/mol. The van der Waals surface area contributed by atoms with Gasteiger partial charge in [-0.05, 0) is 23.1 Å². The van der Waals surface area contributed by atoms with Gasteiger partial charge in [-0.3, -0.25) is 5.10 Å². The molecule has 0 radical (unpaired) electrons. The van der Waals surface area contributed by atoms with Crippen LogP contribution in [0.15, 0.2) is 54.6 Å². The molecule has 0 amide bonds. The van der Waals surface area contributed by atoms with E-state index in [1.54, 1.807) is 0 Å². The summed E-state index contributed by atoms with van der Waals surface area (Å²) < 4.78 is 12.2. The molecule has 1 saturated heterocycles. The Morgan fingerprint density at radius 1 is 0.971 bits per heavy atom. The Morgan fingerprint density at radius 3 is 2.40 bits per heavy atom. The molecule has 0 unspecified atom stereocenters. The second-order valence-electron chi connectivity index (χ2n) is 8.95. The van der Waals surface area contributed by atoms with Crippen LogP contribution in [0.3, 0.4) is 0 Å². The third-order valence-electron chi connectivity index (χ3n) is 6.09. The minimum Gasteiger partial charge on any atom is -0.489 e. The van der Waals surface area contributed by atoms with Crippen LogP contribution in [0.1, 0.15) is 42.1 Å². The van der Waals surface area contributed by atoms with Crippen LogP contribution in [-0.2, 0) is 13.0 Å². The minimum atomic E-state index is -1.43. The number of rotatable bonds is 9. The Bertz CT molecular complexity index is 1090. The summed E-state index contributed by atoms with van der Waals surface area (Å²) in [6.45, 7) is 4.18. The number of aromatic amines is 1. The number of aromatic nitrogens is 2. The summed E-state index contributed by atoms with van der Waals surface area (Å²) in [5.74, 6) is 1.20. The molecule has 188 valence electrons. The number of aliphatic hydroxyl groups excluding tert-OH is 4. The van der Waals surface area contributed by atoms with Crippen molar-refractivity contribution in [2.75, 3.05) is 6.61 Å². The third-order valence-corrected chi connectivity index (χ3v) is 7.51. The zero-order valence-corrected chi connectivity index (χ0v) is 20.6. The fraction of sp³-hybridized carbons (Fsp3) is 0.423. The summed E-state index contributed by atoms with van der Waals surface area (Å²) in [4.78, 5) is 0. The molecule has 1 aromatic heterocycles. The van der Waals surface area contributed by atoms with E-state index in [-0.39, 0.29) is 12.5 Å². The maximum atomic E-state index is 10.5. The van der Waals surface area contributed by atoms with Crippen LogP contribution in [-0.4, -0.2) is 66.2 Å². The zero-order chi connectivity index (χ0) is 24.9. The number of nitrogens with zero attached hydrogens (tertiary/aromatic N) is 1. The lowest BCUT2D eigenvalue weighted by Crippen LogP contribution is -2.55. The molecule has 5 atom stereocenters. The first kappa shape index (κ1) is 25.5. The molecule has 5 N–H and O–H groups in total. The predicted molar refractivity (Wildman–Crippen MR) is 134 cm³/mol. The molecule has 35 heavy (non-hydrogen) atoms. The second-order valence-corrected chi connectivity index (χ2v) is 10.3. The molecule has 1 fully saturated rings. The van der Waals surface area contributed by atoms with Gasteiger partial charge in [0.2, 0.25) is 5.88 Å². The number of benzene rings is 2. The van der Waals surface area contributed by atoms with E-state index in [2.05, 4.69) is 10.2 Å². The van der Waals surface area contributed by atoms with Crippen LogP contribution in [0.2, 0.25) is 0 Å². The average molecular weight is 501 g/mol. The van der Waals surface area contributed by atoms with Crippen molar-refractivity contribution in [2.45, 2.75) is 61.8 Å². The van der Waals surface area contributed by atoms with Crippen molar-refractivity contribution < 1.29 is 29.9 Å². The number of H-pyrrole nitrogens is 1. The molecule has 2 heterocycles. The van der Waals surface area contributed by atoms with Gasteiger partial charge < -0.3 is 29.9 Å². The SMILES string of the molecule is CC(C)c1[nH]nc(O[C@@H]2S[C@H](CO)[C@@H](O)[C@H](O)[C@H]2O)c1Cc1ccccc1OCc1ccccc1. The summed E-state index contributed by atoms with van der Waals surface area (Å²) in [5.41, 5.74) is 2.84. The van der Waals surface area contributed by atoms with Crippen LogP contribution >= 0.6 is 11.8 Å². The Balaban J connectivity index is 1.57. The van der Waals surface area contributed by atoms with Crippen molar-refractivity contribution in [2.24, 2.45) is 0 Å². The molecule has 0 aliphatic carbocycles. The largest absolute Gasteiger partial charge is 0.489 e. The van der Waals surface area contributed by atoms with Crippen LogP contribution in [0.5, 0.6) is 11.6 Å². The first-order valence-electron chi connectivity index (χ1n) is 11.7. The van der Waals surface area contributed by atoms with Gasteiger partial charge in [0.15, 0.2) is 5.44 Å². The van der Waals surface area contributed by atoms with Gasteiger partial charge in [0.1, 0.15) is 24.6 Å². The number of aliphatic hydroxyl groups is 4. The van der Waals surface area contributed by atoms with Crippen molar-refractivity contribution in [1.82, 2.24) is 10.2 Å². The molecule has 0 spiro atoms. The quantitative estimate of drug-likeness (QED) is 0.303. The molecular formula is C26H32N2O6S. The number of ether oxygens (including phenoxy) is 2. The topological polar surface area (TPSA) is 128 Å². The van der Waals surface area contributed by atoms with Gasteiger partial charge in [-0.15, -0.1) is 16.9 Å². The lowest BCUT2D eigenvalue weighted by atomic mass is 9.99. The number of hydrogen-bond donors (Lipinski definition) is 5. The van der Waals surface area contributed by atoms with Crippen molar-refractivity contribution in [3.63, 3.8) is 0 Å². The van der Waals surface area contributed by atoms with E-state index in [1.807, 2.05) is 68.4 Å². The Morgan fingerprint density at radius 2 is 1.69 bits per heavy atom. The van der Waals surface area contributed by atoms with Gasteiger partial charge in [0.25, 0.3) is 0 Å². The summed E-state index contributed by atoms with van der Waals surface area (Å²) in [6.07, 6.45) is -3.55. The Labute approximate surface area is 208 Å². The fourth-order valence-electron chi connectivity index (χ4n) is 4.10. The fourth-order valence-corrected chi connectivity index (χ4v) is 5.32. The summed E-state index contributed by atoms with van der Waals surface area (Å²) in [6, 6.07) is 17.7.